The maximum atomic E-state index is 13.4. The van der Waals surface area contributed by atoms with Gasteiger partial charge in [-0.25, -0.2) is 4.79 Å². The van der Waals surface area contributed by atoms with E-state index in [1.54, 1.807) is 11.8 Å². The predicted molar refractivity (Wildman–Crippen MR) is 143 cm³/mol. The fraction of sp³-hybridized carbons (Fsp3) is 0.615. The molecule has 0 spiro atoms. The van der Waals surface area contributed by atoms with Crippen molar-refractivity contribution in [3.63, 3.8) is 0 Å². The van der Waals surface area contributed by atoms with Gasteiger partial charge in [0.15, 0.2) is 0 Å². The Kier molecular flexibility index (Phi) is 14.2. The summed E-state index contributed by atoms with van der Waals surface area (Å²) in [6.45, 7) is 7.44. The number of hydrogen-bond donors (Lipinski definition) is 5. The number of rotatable bonds is 16. The summed E-state index contributed by atoms with van der Waals surface area (Å²) in [6, 6.07) is 5.50. The molecule has 1 aromatic rings. The number of benzene rings is 1. The number of carbonyl (C=O) groups is 4. The van der Waals surface area contributed by atoms with Crippen molar-refractivity contribution in [2.75, 3.05) is 12.0 Å². The van der Waals surface area contributed by atoms with E-state index in [9.17, 15) is 24.3 Å². The molecule has 5 unspecified atom stereocenters. The Labute approximate surface area is 218 Å². The first-order valence-corrected chi connectivity index (χ1v) is 13.8. The second-order valence-corrected chi connectivity index (χ2v) is 10.5. The van der Waals surface area contributed by atoms with E-state index in [2.05, 4.69) is 16.0 Å². The SMILES string of the molecule is CCC(C)C(NC(=O)C(Cc1ccccc1)NC(=O)C(N)CCSC)C(=O)NC(CC(C)C)C(=O)O. The fourth-order valence-electron chi connectivity index (χ4n) is 3.62. The summed E-state index contributed by atoms with van der Waals surface area (Å²) >= 11 is 1.58. The van der Waals surface area contributed by atoms with Crippen LogP contribution in [0.1, 0.15) is 52.5 Å². The topological polar surface area (TPSA) is 151 Å². The Morgan fingerprint density at radius 1 is 0.944 bits per heavy atom. The number of carboxylic acids is 1. The summed E-state index contributed by atoms with van der Waals surface area (Å²) in [7, 11) is 0. The molecule has 5 atom stereocenters. The molecule has 0 heterocycles. The minimum atomic E-state index is -1.13. The van der Waals surface area contributed by atoms with E-state index in [0.29, 0.717) is 18.6 Å². The number of carbonyl (C=O) groups excluding carboxylic acids is 3. The van der Waals surface area contributed by atoms with Crippen molar-refractivity contribution >= 4 is 35.5 Å². The van der Waals surface area contributed by atoms with Gasteiger partial charge < -0.3 is 26.8 Å². The number of thioether (sulfide) groups is 1. The quantitative estimate of drug-likeness (QED) is 0.223. The highest BCUT2D eigenvalue weighted by molar-refractivity contribution is 7.98. The van der Waals surface area contributed by atoms with Crippen LogP contribution in [0.2, 0.25) is 0 Å². The molecule has 9 nitrogen and oxygen atoms in total. The number of amides is 3. The smallest absolute Gasteiger partial charge is 0.326 e. The molecule has 1 rings (SSSR count). The highest BCUT2D eigenvalue weighted by atomic mass is 32.2. The average Bonchev–Trinajstić information content (AvgIpc) is 2.84. The van der Waals surface area contributed by atoms with Crippen molar-refractivity contribution in [3.05, 3.63) is 35.9 Å². The molecule has 0 fully saturated rings. The van der Waals surface area contributed by atoms with Crippen LogP contribution in [-0.4, -0.2) is 65.0 Å². The first kappa shape index (κ1) is 31.4. The van der Waals surface area contributed by atoms with Gasteiger partial charge in [-0.05, 0) is 42.2 Å². The van der Waals surface area contributed by atoms with Crippen molar-refractivity contribution in [2.24, 2.45) is 17.6 Å². The molecule has 0 saturated heterocycles. The van der Waals surface area contributed by atoms with E-state index in [1.165, 1.54) is 0 Å². The molecule has 0 aliphatic carbocycles. The summed E-state index contributed by atoms with van der Waals surface area (Å²) in [5.74, 6) is -2.15. The molecule has 0 aliphatic rings. The zero-order chi connectivity index (χ0) is 27.3. The second-order valence-electron chi connectivity index (χ2n) is 9.54. The van der Waals surface area contributed by atoms with Crippen molar-refractivity contribution in [3.8, 4) is 0 Å². The molecule has 36 heavy (non-hydrogen) atoms. The van der Waals surface area contributed by atoms with Crippen LogP contribution >= 0.6 is 11.8 Å². The Bertz CT molecular complexity index is 852. The monoisotopic (exact) mass is 522 g/mol. The first-order valence-electron chi connectivity index (χ1n) is 12.4. The highest BCUT2D eigenvalue weighted by Crippen LogP contribution is 2.12. The van der Waals surface area contributed by atoms with E-state index in [0.717, 1.165) is 5.56 Å². The summed E-state index contributed by atoms with van der Waals surface area (Å²) in [4.78, 5) is 50.9. The maximum absolute atomic E-state index is 13.4. The number of aliphatic carboxylic acids is 1. The first-order chi connectivity index (χ1) is 17.0. The third-order valence-electron chi connectivity index (χ3n) is 6.00. The zero-order valence-corrected chi connectivity index (χ0v) is 22.8. The van der Waals surface area contributed by atoms with Gasteiger partial charge in [0, 0.05) is 6.42 Å². The average molecular weight is 523 g/mol. The molecule has 6 N–H and O–H groups in total. The Balaban J connectivity index is 3.10. The Morgan fingerprint density at radius 2 is 1.56 bits per heavy atom. The molecule has 0 radical (unpaired) electrons. The van der Waals surface area contributed by atoms with Gasteiger partial charge >= 0.3 is 5.97 Å². The van der Waals surface area contributed by atoms with Crippen molar-refractivity contribution in [2.45, 2.75) is 77.5 Å². The van der Waals surface area contributed by atoms with E-state index < -0.39 is 47.9 Å². The molecule has 0 aromatic heterocycles. The second kappa shape index (κ2) is 16.2. The van der Waals surface area contributed by atoms with E-state index >= 15 is 0 Å². The molecule has 202 valence electrons. The molecular weight excluding hydrogens is 480 g/mol. The molecule has 3 amide bonds. The van der Waals surface area contributed by atoms with Crippen LogP contribution in [0.3, 0.4) is 0 Å². The van der Waals surface area contributed by atoms with Gasteiger partial charge in [-0.3, -0.25) is 14.4 Å². The third kappa shape index (κ3) is 11.0. The van der Waals surface area contributed by atoms with E-state index in [-0.39, 0.29) is 24.7 Å². The Hall–Kier alpha value is -2.59. The Morgan fingerprint density at radius 3 is 2.08 bits per heavy atom. The van der Waals surface area contributed by atoms with Crippen LogP contribution in [0.4, 0.5) is 0 Å². The van der Waals surface area contributed by atoms with Gasteiger partial charge in [-0.15, -0.1) is 0 Å². The normalized spacial score (nSPS) is 15.3. The standard InChI is InChI=1S/C26H42N4O5S/c1-6-17(4)22(25(33)29-21(26(34)35)14-16(2)3)30-24(32)20(15-18-10-8-7-9-11-18)28-23(31)19(27)12-13-36-5/h7-11,16-17,19-22H,6,12-15,27H2,1-5H3,(H,28,31)(H,29,33)(H,30,32)(H,34,35). The minimum Gasteiger partial charge on any atom is -0.480 e. The van der Waals surface area contributed by atoms with Crippen molar-refractivity contribution < 1.29 is 24.3 Å². The van der Waals surface area contributed by atoms with Crippen LogP contribution < -0.4 is 21.7 Å². The van der Waals surface area contributed by atoms with Gasteiger partial charge in [0.05, 0.1) is 6.04 Å². The molecule has 10 heteroatoms. The van der Waals surface area contributed by atoms with Gasteiger partial charge in [0.2, 0.25) is 17.7 Å². The largest absolute Gasteiger partial charge is 0.480 e. The molecular formula is C26H42N4O5S. The summed E-state index contributed by atoms with van der Waals surface area (Å²) < 4.78 is 0. The lowest BCUT2D eigenvalue weighted by molar-refractivity contribution is -0.143. The van der Waals surface area contributed by atoms with Crippen LogP contribution in [0.25, 0.3) is 0 Å². The molecule has 1 aromatic carbocycles. The van der Waals surface area contributed by atoms with Crippen molar-refractivity contribution in [1.82, 2.24) is 16.0 Å². The lowest BCUT2D eigenvalue weighted by Gasteiger charge is -2.28. The van der Waals surface area contributed by atoms with Crippen LogP contribution in [0, 0.1) is 11.8 Å². The fourth-order valence-corrected chi connectivity index (χ4v) is 4.11. The van der Waals surface area contributed by atoms with Gasteiger partial charge in [0.1, 0.15) is 18.1 Å². The van der Waals surface area contributed by atoms with Crippen LogP contribution in [0.15, 0.2) is 30.3 Å². The lowest BCUT2D eigenvalue weighted by atomic mass is 9.96. The number of carboxylic acid groups (broad SMARTS) is 1. The maximum Gasteiger partial charge on any atom is 0.326 e. The summed E-state index contributed by atoms with van der Waals surface area (Å²) in [6.07, 6.45) is 3.45. The third-order valence-corrected chi connectivity index (χ3v) is 6.64. The molecule has 0 aliphatic heterocycles. The van der Waals surface area contributed by atoms with Crippen LogP contribution in [-0.2, 0) is 25.6 Å². The van der Waals surface area contributed by atoms with E-state index in [1.807, 2.05) is 64.3 Å². The number of nitrogens with two attached hydrogens (primary N) is 1. The highest BCUT2D eigenvalue weighted by Gasteiger charge is 2.33. The number of hydrogen-bond acceptors (Lipinski definition) is 6. The van der Waals surface area contributed by atoms with Crippen LogP contribution in [0.5, 0.6) is 0 Å². The van der Waals surface area contributed by atoms with Gasteiger partial charge in [-0.2, -0.15) is 11.8 Å². The van der Waals surface area contributed by atoms with Gasteiger partial charge in [-0.1, -0.05) is 64.4 Å². The lowest BCUT2D eigenvalue weighted by Crippen LogP contribution is -2.59. The molecule has 0 bridgehead atoms. The molecule has 0 saturated carbocycles. The summed E-state index contributed by atoms with van der Waals surface area (Å²) in [5, 5.41) is 17.6. The predicted octanol–water partition coefficient (Wildman–Crippen LogP) is 1.94. The number of nitrogens with one attached hydrogen (secondary N) is 3. The minimum absolute atomic E-state index is 0.0591. The van der Waals surface area contributed by atoms with Crippen molar-refractivity contribution in [1.29, 1.82) is 0 Å². The van der Waals surface area contributed by atoms with Gasteiger partial charge in [0.25, 0.3) is 0 Å². The zero-order valence-electron chi connectivity index (χ0n) is 22.0. The summed E-state index contributed by atoms with van der Waals surface area (Å²) in [5.41, 5.74) is 6.85. The van der Waals surface area contributed by atoms with E-state index in [4.69, 9.17) is 5.73 Å².